The number of anilines is 1. The Labute approximate surface area is 116 Å². The van der Waals surface area contributed by atoms with Crippen LogP contribution in [0.1, 0.15) is 19.8 Å². The SMILES string of the molecule is CCCCN(CC(F)(F)F)S(=O)(=O)c1ccc(N)cc1. The topological polar surface area (TPSA) is 63.4 Å². The number of nitrogen functional groups attached to an aromatic ring is 1. The number of nitrogens with zero attached hydrogens (tertiary/aromatic N) is 1. The van der Waals surface area contributed by atoms with Crippen LogP contribution in [0.15, 0.2) is 29.2 Å². The molecular weight excluding hydrogens is 293 g/mol. The highest BCUT2D eigenvalue weighted by atomic mass is 32.2. The van der Waals surface area contributed by atoms with Crippen molar-refractivity contribution in [1.29, 1.82) is 0 Å². The summed E-state index contributed by atoms with van der Waals surface area (Å²) in [6.07, 6.45) is -3.61. The van der Waals surface area contributed by atoms with Gasteiger partial charge in [0.05, 0.1) is 4.90 Å². The molecule has 0 aliphatic heterocycles. The number of halogens is 3. The number of unbranched alkanes of at least 4 members (excludes halogenated alkanes) is 1. The van der Waals surface area contributed by atoms with Crippen molar-refractivity contribution in [1.82, 2.24) is 4.31 Å². The second kappa shape index (κ2) is 6.45. The molecule has 0 saturated carbocycles. The fourth-order valence-electron chi connectivity index (χ4n) is 1.61. The van der Waals surface area contributed by atoms with Gasteiger partial charge in [0.2, 0.25) is 10.0 Å². The Morgan fingerprint density at radius 1 is 1.20 bits per heavy atom. The summed E-state index contributed by atoms with van der Waals surface area (Å²) in [5.41, 5.74) is 5.79. The third-order valence-electron chi connectivity index (χ3n) is 2.63. The van der Waals surface area contributed by atoms with Crippen LogP contribution in [-0.4, -0.2) is 32.0 Å². The van der Waals surface area contributed by atoms with Crippen molar-refractivity contribution >= 4 is 15.7 Å². The van der Waals surface area contributed by atoms with E-state index in [1.807, 2.05) is 0 Å². The van der Waals surface area contributed by atoms with E-state index < -0.39 is 22.7 Å². The van der Waals surface area contributed by atoms with E-state index in [0.717, 1.165) is 0 Å². The standard InChI is InChI=1S/C12H17F3N2O2S/c1-2-3-8-17(9-12(13,14)15)20(18,19)11-6-4-10(16)5-7-11/h4-7H,2-3,8-9,16H2,1H3. The third-order valence-corrected chi connectivity index (χ3v) is 4.49. The lowest BCUT2D eigenvalue weighted by molar-refractivity contribution is -0.136. The molecule has 0 bridgehead atoms. The molecule has 114 valence electrons. The van der Waals surface area contributed by atoms with E-state index in [4.69, 9.17) is 5.73 Å². The largest absolute Gasteiger partial charge is 0.402 e. The van der Waals surface area contributed by atoms with Gasteiger partial charge in [-0.1, -0.05) is 13.3 Å². The van der Waals surface area contributed by atoms with E-state index in [9.17, 15) is 21.6 Å². The van der Waals surface area contributed by atoms with Gasteiger partial charge in [0, 0.05) is 12.2 Å². The van der Waals surface area contributed by atoms with Crippen LogP contribution in [0.25, 0.3) is 0 Å². The summed E-state index contributed by atoms with van der Waals surface area (Å²) in [6, 6.07) is 5.11. The molecule has 8 heteroatoms. The second-order valence-corrected chi connectivity index (χ2v) is 6.31. The van der Waals surface area contributed by atoms with Gasteiger partial charge >= 0.3 is 6.18 Å². The first-order valence-corrected chi connectivity index (χ1v) is 7.53. The van der Waals surface area contributed by atoms with Crippen LogP contribution >= 0.6 is 0 Å². The molecule has 4 nitrogen and oxygen atoms in total. The van der Waals surface area contributed by atoms with Crippen LogP contribution < -0.4 is 5.73 Å². The van der Waals surface area contributed by atoms with Crippen LogP contribution in [0.5, 0.6) is 0 Å². The van der Waals surface area contributed by atoms with Crippen LogP contribution in [0.3, 0.4) is 0 Å². The number of sulfonamides is 1. The monoisotopic (exact) mass is 310 g/mol. The number of benzene rings is 1. The lowest BCUT2D eigenvalue weighted by Crippen LogP contribution is -2.39. The lowest BCUT2D eigenvalue weighted by Gasteiger charge is -2.23. The fraction of sp³-hybridized carbons (Fsp3) is 0.500. The van der Waals surface area contributed by atoms with Crippen molar-refractivity contribution in [3.05, 3.63) is 24.3 Å². The Kier molecular flexibility index (Phi) is 5.41. The molecule has 0 unspecified atom stereocenters. The molecule has 0 atom stereocenters. The van der Waals surface area contributed by atoms with Crippen LogP contribution in [0, 0.1) is 0 Å². The van der Waals surface area contributed by atoms with Gasteiger partial charge in [-0.3, -0.25) is 0 Å². The molecular formula is C12H17F3N2O2S. The van der Waals surface area contributed by atoms with E-state index in [1.165, 1.54) is 24.3 Å². The summed E-state index contributed by atoms with van der Waals surface area (Å²) in [6.45, 7) is 0.129. The minimum Gasteiger partial charge on any atom is -0.399 e. The highest BCUT2D eigenvalue weighted by molar-refractivity contribution is 7.89. The molecule has 1 rings (SSSR count). The average Bonchev–Trinajstić information content (AvgIpc) is 2.33. The van der Waals surface area contributed by atoms with E-state index >= 15 is 0 Å². The highest BCUT2D eigenvalue weighted by Gasteiger charge is 2.36. The molecule has 0 saturated heterocycles. The van der Waals surface area contributed by atoms with Gasteiger partial charge in [-0.25, -0.2) is 8.42 Å². The minimum absolute atomic E-state index is 0.164. The van der Waals surface area contributed by atoms with Crippen molar-refractivity contribution < 1.29 is 21.6 Å². The van der Waals surface area contributed by atoms with E-state index in [2.05, 4.69) is 0 Å². The summed E-state index contributed by atoms with van der Waals surface area (Å²) < 4.78 is 62.4. The van der Waals surface area contributed by atoms with Crippen molar-refractivity contribution in [2.45, 2.75) is 30.8 Å². The third kappa shape index (κ3) is 4.68. The molecule has 0 aliphatic rings. The normalized spacial score (nSPS) is 12.8. The Morgan fingerprint density at radius 3 is 2.20 bits per heavy atom. The average molecular weight is 310 g/mol. The van der Waals surface area contributed by atoms with Gasteiger partial charge in [-0.2, -0.15) is 17.5 Å². The first-order chi connectivity index (χ1) is 9.16. The van der Waals surface area contributed by atoms with Gasteiger partial charge in [0.1, 0.15) is 6.54 Å². The highest BCUT2D eigenvalue weighted by Crippen LogP contribution is 2.23. The van der Waals surface area contributed by atoms with Gasteiger partial charge in [-0.15, -0.1) is 0 Å². The van der Waals surface area contributed by atoms with Gasteiger partial charge in [0.15, 0.2) is 0 Å². The quantitative estimate of drug-likeness (QED) is 0.822. The number of hydrogen-bond donors (Lipinski definition) is 1. The van der Waals surface area contributed by atoms with Crippen molar-refractivity contribution in [3.63, 3.8) is 0 Å². The fourth-order valence-corrected chi connectivity index (χ4v) is 3.07. The van der Waals surface area contributed by atoms with Gasteiger partial charge < -0.3 is 5.73 Å². The second-order valence-electron chi connectivity index (χ2n) is 4.38. The van der Waals surface area contributed by atoms with Gasteiger partial charge in [-0.05, 0) is 30.7 Å². The zero-order valence-electron chi connectivity index (χ0n) is 11.0. The molecule has 0 aromatic heterocycles. The van der Waals surface area contributed by atoms with E-state index in [0.29, 0.717) is 22.8 Å². The van der Waals surface area contributed by atoms with E-state index in [-0.39, 0.29) is 11.4 Å². The summed E-state index contributed by atoms with van der Waals surface area (Å²) in [7, 11) is -4.17. The Hall–Kier alpha value is -1.28. The number of alkyl halides is 3. The molecule has 1 aromatic rings. The zero-order valence-corrected chi connectivity index (χ0v) is 11.8. The summed E-state index contributed by atoms with van der Waals surface area (Å²) >= 11 is 0. The molecule has 0 amide bonds. The predicted molar refractivity (Wildman–Crippen MR) is 70.6 cm³/mol. The minimum atomic E-state index is -4.57. The first kappa shape index (κ1) is 16.8. The maximum Gasteiger partial charge on any atom is 0.402 e. The van der Waals surface area contributed by atoms with E-state index in [1.54, 1.807) is 6.92 Å². The number of rotatable bonds is 6. The van der Waals surface area contributed by atoms with Crippen molar-refractivity contribution in [2.75, 3.05) is 18.8 Å². The van der Waals surface area contributed by atoms with Crippen molar-refractivity contribution in [2.24, 2.45) is 0 Å². The molecule has 0 aliphatic carbocycles. The van der Waals surface area contributed by atoms with Crippen LogP contribution in [0.4, 0.5) is 18.9 Å². The number of nitrogens with two attached hydrogens (primary N) is 1. The maximum absolute atomic E-state index is 12.5. The van der Waals surface area contributed by atoms with Crippen LogP contribution in [0.2, 0.25) is 0 Å². The molecule has 20 heavy (non-hydrogen) atoms. The van der Waals surface area contributed by atoms with Crippen molar-refractivity contribution in [3.8, 4) is 0 Å². The smallest absolute Gasteiger partial charge is 0.399 e. The summed E-state index contributed by atoms with van der Waals surface area (Å²) in [4.78, 5) is -0.188. The van der Waals surface area contributed by atoms with Crippen LogP contribution in [-0.2, 0) is 10.0 Å². The molecule has 0 fully saturated rings. The Bertz CT molecular complexity index is 527. The molecule has 1 aromatic carbocycles. The zero-order chi connectivity index (χ0) is 15.4. The Balaban J connectivity index is 3.06. The molecule has 0 radical (unpaired) electrons. The molecule has 2 N–H and O–H groups in total. The maximum atomic E-state index is 12.5. The van der Waals surface area contributed by atoms with Gasteiger partial charge in [0.25, 0.3) is 0 Å². The number of hydrogen-bond acceptors (Lipinski definition) is 3. The molecule has 0 spiro atoms. The summed E-state index contributed by atoms with van der Waals surface area (Å²) in [5.74, 6) is 0. The first-order valence-electron chi connectivity index (χ1n) is 6.09. The Morgan fingerprint density at radius 2 is 1.75 bits per heavy atom. The molecule has 0 heterocycles. The predicted octanol–water partition coefficient (Wildman–Crippen LogP) is 2.62. The lowest BCUT2D eigenvalue weighted by atomic mass is 10.3. The summed E-state index contributed by atoms with van der Waals surface area (Å²) in [5, 5.41) is 0.